The number of aromatic amines is 2. The highest BCUT2D eigenvalue weighted by Crippen LogP contribution is 2.36. The predicted octanol–water partition coefficient (Wildman–Crippen LogP) is 0.679. The van der Waals surface area contributed by atoms with Crippen LogP contribution in [-0.4, -0.2) is 59.6 Å². The van der Waals surface area contributed by atoms with Gasteiger partial charge in [-0.2, -0.15) is 35.7 Å². The molecule has 24 heteroatoms. The van der Waals surface area contributed by atoms with Crippen molar-refractivity contribution >= 4 is 47.6 Å². The number of nitrogens with zero attached hydrogens (tertiary/aromatic N) is 2. The molecule has 16 nitrogen and oxygen atoms in total. The maximum Gasteiger partial charge on any atom is 0.417 e. The Morgan fingerprint density at radius 3 is 1.46 bits per heavy atom. The average Bonchev–Trinajstić information content (AvgIpc) is 2.90. The zero-order valence-electron chi connectivity index (χ0n) is 24.5. The minimum atomic E-state index is -4.88. The number of hydrogen-bond donors (Lipinski definition) is 5. The molecule has 0 aliphatic heterocycles. The second-order valence-electron chi connectivity index (χ2n) is 10.0. The van der Waals surface area contributed by atoms with Crippen molar-refractivity contribution in [1.29, 1.82) is 0 Å². The van der Waals surface area contributed by atoms with Crippen molar-refractivity contribution in [2.75, 3.05) is 22.2 Å². The number of rotatable bonds is 6. The molecule has 2 aromatic carbocycles. The molecule has 4 rings (SSSR count). The summed E-state index contributed by atoms with van der Waals surface area (Å²) in [5.74, 6) is -0.947. The summed E-state index contributed by atoms with van der Waals surface area (Å²) in [5, 5.41) is 8.69. The monoisotopic (exact) mass is 732 g/mol. The second kappa shape index (κ2) is 12.6. The molecular weight excluding hydrogens is 710 g/mol. The molecule has 0 aliphatic carbocycles. The lowest BCUT2D eigenvalue weighted by Crippen LogP contribution is -2.43. The molecule has 5 N–H and O–H groups in total. The van der Waals surface area contributed by atoms with E-state index in [4.69, 9.17) is 0 Å². The van der Waals surface area contributed by atoms with Crippen LogP contribution in [0.25, 0.3) is 21.8 Å². The number of aromatic nitrogens is 4. The summed E-state index contributed by atoms with van der Waals surface area (Å²) >= 11 is 0. The number of carbonyl (C=O) groups excluding carboxylic acids is 1. The van der Waals surface area contributed by atoms with Crippen LogP contribution >= 0.6 is 0 Å². The van der Waals surface area contributed by atoms with Crippen LogP contribution in [0, 0.1) is 0 Å². The fraction of sp³-hybridized carbons (Fsp3) is 0.292. The standard InChI is InChI=1S/C12H12F3N3O5S.C12H10F3N3O5S/c2*1-5(19)6-3-7-9(4-8(6)12(13,14)15)16-11(21)18(10(7)20)17-24(2,22)23/h3-5,17,19H,1-2H3,(H,16,21);3-4,17H,1-2H3,(H,16,21). The highest BCUT2D eigenvalue weighted by atomic mass is 32.2. The number of nitrogens with one attached hydrogen (secondary N) is 4. The molecule has 262 valence electrons. The van der Waals surface area contributed by atoms with Crippen LogP contribution in [0.1, 0.15) is 47.0 Å². The third-order valence-corrected chi connectivity index (χ3v) is 7.09. The molecule has 1 unspecified atom stereocenters. The topological polar surface area (TPSA) is 239 Å². The van der Waals surface area contributed by atoms with Gasteiger partial charge >= 0.3 is 23.7 Å². The zero-order valence-corrected chi connectivity index (χ0v) is 26.1. The van der Waals surface area contributed by atoms with Crippen LogP contribution in [0.2, 0.25) is 0 Å². The molecule has 0 fully saturated rings. The van der Waals surface area contributed by atoms with Gasteiger partial charge in [0, 0.05) is 5.56 Å². The SMILES string of the molecule is CC(=O)c1cc2c(=O)n(NS(C)(=O)=O)c(=O)[nH]c2cc1C(F)(F)F.CC(O)c1cc2c(=O)n(NS(C)(=O)=O)c(=O)[nH]c2cc1C(F)(F)F. The van der Waals surface area contributed by atoms with Gasteiger partial charge in [-0.15, -0.1) is 0 Å². The lowest BCUT2D eigenvalue weighted by molar-refractivity contribution is -0.139. The molecule has 2 heterocycles. The average molecular weight is 733 g/mol. The summed E-state index contributed by atoms with van der Waals surface area (Å²) in [6, 6.07) is 2.41. The zero-order chi connectivity index (χ0) is 36.9. The molecule has 4 aromatic rings. The number of fused-ring (bicyclic) bond motifs is 2. The highest BCUT2D eigenvalue weighted by Gasteiger charge is 2.36. The Hall–Kier alpha value is -4.97. The van der Waals surface area contributed by atoms with Gasteiger partial charge in [-0.1, -0.05) is 0 Å². The third-order valence-electron chi connectivity index (χ3n) is 6.06. The molecule has 48 heavy (non-hydrogen) atoms. The molecule has 0 amide bonds. The Bertz CT molecular complexity index is 2430. The van der Waals surface area contributed by atoms with Crippen LogP contribution in [0.5, 0.6) is 0 Å². The molecule has 1 atom stereocenters. The van der Waals surface area contributed by atoms with E-state index in [2.05, 4.69) is 0 Å². The number of ketones is 1. The number of Topliss-reactive ketones (excluding diaryl/α,β-unsaturated/α-hetero) is 1. The first kappa shape index (κ1) is 37.5. The third kappa shape index (κ3) is 8.29. The number of aliphatic hydroxyl groups excluding tert-OH is 1. The van der Waals surface area contributed by atoms with Gasteiger partial charge in [0.2, 0.25) is 20.0 Å². The minimum Gasteiger partial charge on any atom is -0.389 e. The van der Waals surface area contributed by atoms with Gasteiger partial charge in [-0.25, -0.2) is 36.1 Å². The maximum absolute atomic E-state index is 13.1. The lowest BCUT2D eigenvalue weighted by Gasteiger charge is -2.16. The Morgan fingerprint density at radius 1 is 0.750 bits per heavy atom. The highest BCUT2D eigenvalue weighted by molar-refractivity contribution is 7.91. The summed E-state index contributed by atoms with van der Waals surface area (Å²) in [6.07, 6.45) is -9.88. The van der Waals surface area contributed by atoms with Crippen molar-refractivity contribution in [2.24, 2.45) is 0 Å². The molecule has 0 bridgehead atoms. The van der Waals surface area contributed by atoms with Crippen LogP contribution in [0.3, 0.4) is 0 Å². The molecular formula is C24H22F6N6O10S2. The van der Waals surface area contributed by atoms with Gasteiger partial charge < -0.3 is 15.1 Å². The van der Waals surface area contributed by atoms with Gasteiger partial charge in [0.15, 0.2) is 5.78 Å². The summed E-state index contributed by atoms with van der Waals surface area (Å²) in [7, 11) is -7.99. The molecule has 0 spiro atoms. The number of hydrogen-bond acceptors (Lipinski definition) is 10. The van der Waals surface area contributed by atoms with Gasteiger partial charge in [-0.3, -0.25) is 14.4 Å². The maximum atomic E-state index is 13.1. The van der Waals surface area contributed by atoms with E-state index in [0.29, 0.717) is 30.7 Å². The fourth-order valence-corrected chi connectivity index (χ4v) is 5.15. The summed E-state index contributed by atoms with van der Waals surface area (Å²) in [4.78, 5) is 66.6. The lowest BCUT2D eigenvalue weighted by atomic mass is 10.00. The van der Waals surface area contributed by atoms with Crippen molar-refractivity contribution < 1.29 is 53.1 Å². The molecule has 0 aliphatic rings. The van der Waals surface area contributed by atoms with Crippen molar-refractivity contribution in [1.82, 2.24) is 19.3 Å². The van der Waals surface area contributed by atoms with Crippen LogP contribution < -0.4 is 32.2 Å². The van der Waals surface area contributed by atoms with Crippen molar-refractivity contribution in [3.63, 3.8) is 0 Å². The van der Waals surface area contributed by atoms with E-state index in [0.717, 1.165) is 19.9 Å². The number of halogens is 6. The van der Waals surface area contributed by atoms with E-state index in [9.17, 15) is 72.3 Å². The summed E-state index contributed by atoms with van der Waals surface area (Å²) in [6.45, 7) is 1.96. The van der Waals surface area contributed by atoms with Gasteiger partial charge in [0.05, 0.1) is 51.5 Å². The Balaban J connectivity index is 0.000000260. The van der Waals surface area contributed by atoms with E-state index in [1.165, 1.54) is 0 Å². The van der Waals surface area contributed by atoms with E-state index in [-0.39, 0.29) is 9.35 Å². The molecule has 0 saturated carbocycles. The number of alkyl halides is 6. The summed E-state index contributed by atoms with van der Waals surface area (Å²) < 4.78 is 123. The van der Waals surface area contributed by atoms with E-state index < -0.39 is 111 Å². The number of sulfonamides is 2. The predicted molar refractivity (Wildman–Crippen MR) is 157 cm³/mol. The molecule has 0 radical (unpaired) electrons. The normalized spacial score (nSPS) is 13.1. The van der Waals surface area contributed by atoms with Gasteiger partial charge in [0.25, 0.3) is 11.1 Å². The molecule has 2 aromatic heterocycles. The van der Waals surface area contributed by atoms with Crippen LogP contribution in [0.15, 0.2) is 43.4 Å². The molecule has 0 saturated heterocycles. The number of carbonyl (C=O) groups is 1. The number of aliphatic hydroxyl groups is 1. The van der Waals surface area contributed by atoms with Crippen LogP contribution in [-0.2, 0) is 32.4 Å². The van der Waals surface area contributed by atoms with E-state index >= 15 is 0 Å². The van der Waals surface area contributed by atoms with E-state index in [1.807, 2.05) is 9.97 Å². The second-order valence-corrected chi connectivity index (χ2v) is 13.5. The largest absolute Gasteiger partial charge is 0.417 e. The van der Waals surface area contributed by atoms with Crippen molar-refractivity contribution in [2.45, 2.75) is 32.3 Å². The number of benzene rings is 2. The van der Waals surface area contributed by atoms with E-state index in [1.54, 1.807) is 9.66 Å². The Labute approximate surface area is 262 Å². The smallest absolute Gasteiger partial charge is 0.389 e. The Morgan fingerprint density at radius 2 is 1.12 bits per heavy atom. The first-order valence-electron chi connectivity index (χ1n) is 12.6. The van der Waals surface area contributed by atoms with Crippen LogP contribution in [0.4, 0.5) is 26.3 Å². The minimum absolute atomic E-state index is 0.0921. The fourth-order valence-electron chi connectivity index (χ4n) is 4.16. The van der Waals surface area contributed by atoms with Gasteiger partial charge in [0.1, 0.15) is 0 Å². The van der Waals surface area contributed by atoms with Crippen molar-refractivity contribution in [3.8, 4) is 0 Å². The first-order chi connectivity index (χ1) is 21.6. The first-order valence-corrected chi connectivity index (χ1v) is 16.4. The number of H-pyrrole nitrogens is 2. The van der Waals surface area contributed by atoms with Gasteiger partial charge in [-0.05, 0) is 43.7 Å². The summed E-state index contributed by atoms with van der Waals surface area (Å²) in [5.41, 5.74) is -9.71. The van der Waals surface area contributed by atoms with Crippen molar-refractivity contribution in [3.05, 3.63) is 88.2 Å². The quantitative estimate of drug-likeness (QED) is 0.137. The Kier molecular flexibility index (Phi) is 9.82.